The average Bonchev–Trinajstić information content (AvgIpc) is 2.63. The third-order valence-electron chi connectivity index (χ3n) is 4.62. The molecule has 1 aliphatic rings. The first kappa shape index (κ1) is 17.8. The van der Waals surface area contributed by atoms with E-state index in [0.717, 1.165) is 43.3 Å². The fourth-order valence-corrected chi connectivity index (χ4v) is 3.22. The van der Waals surface area contributed by atoms with E-state index in [1.807, 2.05) is 32.4 Å². The lowest BCUT2D eigenvalue weighted by molar-refractivity contribution is -0.918. The molecule has 3 rings (SSSR count). The highest BCUT2D eigenvalue weighted by molar-refractivity contribution is 6.31. The number of rotatable bonds is 5. The highest BCUT2D eigenvalue weighted by atomic mass is 35.5. The van der Waals surface area contributed by atoms with Crippen molar-refractivity contribution in [1.29, 1.82) is 0 Å². The van der Waals surface area contributed by atoms with E-state index in [-0.39, 0.29) is 0 Å². The summed E-state index contributed by atoms with van der Waals surface area (Å²) < 4.78 is 0. The molecule has 1 fully saturated rings. The van der Waals surface area contributed by atoms with Crippen LogP contribution in [0.25, 0.3) is 0 Å². The molecule has 1 saturated heterocycles. The van der Waals surface area contributed by atoms with E-state index >= 15 is 0 Å². The fourth-order valence-electron chi connectivity index (χ4n) is 3.02. The Balaban J connectivity index is 1.49. The van der Waals surface area contributed by atoms with Crippen molar-refractivity contribution in [3.05, 3.63) is 64.7 Å². The molecule has 0 radical (unpaired) electrons. The number of nitrogens with zero attached hydrogens (tertiary/aromatic N) is 3. The number of benzene rings is 2. The van der Waals surface area contributed by atoms with Gasteiger partial charge in [0, 0.05) is 30.4 Å². The van der Waals surface area contributed by atoms with Crippen molar-refractivity contribution < 1.29 is 4.90 Å². The molecule has 0 spiro atoms. The van der Waals surface area contributed by atoms with E-state index in [4.69, 9.17) is 11.6 Å². The maximum atomic E-state index is 6.27. The van der Waals surface area contributed by atoms with Crippen molar-refractivity contribution in [2.75, 3.05) is 45.2 Å². The molecule has 1 aliphatic heterocycles. The summed E-state index contributed by atoms with van der Waals surface area (Å²) in [7, 11) is 4.10. The molecule has 0 unspecified atom stereocenters. The molecule has 2 aromatic rings. The van der Waals surface area contributed by atoms with E-state index in [9.17, 15) is 0 Å². The molecular formula is C20H26ClN4+. The monoisotopic (exact) mass is 357 g/mol. The molecule has 0 aromatic heterocycles. The van der Waals surface area contributed by atoms with Crippen LogP contribution < -0.4 is 9.80 Å². The van der Waals surface area contributed by atoms with Gasteiger partial charge in [-0.2, -0.15) is 5.10 Å². The van der Waals surface area contributed by atoms with Crippen molar-refractivity contribution in [1.82, 2.24) is 5.01 Å². The van der Waals surface area contributed by atoms with Crippen LogP contribution in [0.15, 0.2) is 53.6 Å². The van der Waals surface area contributed by atoms with Crippen LogP contribution in [-0.4, -0.2) is 51.5 Å². The van der Waals surface area contributed by atoms with Crippen LogP contribution >= 0.6 is 11.6 Å². The third kappa shape index (κ3) is 4.97. The quantitative estimate of drug-likeness (QED) is 0.829. The molecule has 1 heterocycles. The summed E-state index contributed by atoms with van der Waals surface area (Å²) in [4.78, 5) is 3.66. The van der Waals surface area contributed by atoms with Gasteiger partial charge < -0.3 is 9.80 Å². The number of halogens is 1. The Bertz CT molecular complexity index is 704. The van der Waals surface area contributed by atoms with Crippen LogP contribution in [0.5, 0.6) is 0 Å². The van der Waals surface area contributed by atoms with Gasteiger partial charge in [-0.3, -0.25) is 5.01 Å². The molecule has 0 amide bonds. The van der Waals surface area contributed by atoms with Gasteiger partial charge in [0.2, 0.25) is 0 Å². The maximum absolute atomic E-state index is 6.27. The highest BCUT2D eigenvalue weighted by Gasteiger charge is 2.19. The predicted molar refractivity (Wildman–Crippen MR) is 106 cm³/mol. The van der Waals surface area contributed by atoms with Gasteiger partial charge in [-0.15, -0.1) is 0 Å². The number of hydrazone groups is 1. The standard InChI is InChI=1S/C20H25ClN4/c1-23(2)19-9-7-17(8-10-19)15-22-25-13-11-24(12-14-25)16-18-5-3-4-6-20(18)21/h3-10,15H,11-14,16H2,1-2H3/p+1/b22-15+. The smallest absolute Gasteiger partial charge is 0.104 e. The second-order valence-corrected chi connectivity index (χ2v) is 7.11. The Hall–Kier alpha value is -2.04. The Morgan fingerprint density at radius 2 is 1.76 bits per heavy atom. The van der Waals surface area contributed by atoms with Gasteiger partial charge in [0.25, 0.3) is 0 Å². The largest absolute Gasteiger partial charge is 0.378 e. The van der Waals surface area contributed by atoms with Crippen LogP contribution in [0, 0.1) is 0 Å². The Morgan fingerprint density at radius 3 is 2.40 bits per heavy atom. The summed E-state index contributed by atoms with van der Waals surface area (Å²) in [5.41, 5.74) is 3.57. The zero-order chi connectivity index (χ0) is 17.6. The van der Waals surface area contributed by atoms with Crippen LogP contribution in [0.3, 0.4) is 0 Å². The SMILES string of the molecule is CN(C)c1ccc(/C=N/N2CC[NH+](Cc3ccccc3Cl)CC2)cc1. The van der Waals surface area contributed by atoms with Crippen molar-refractivity contribution in [3.8, 4) is 0 Å². The normalized spacial score (nSPS) is 15.7. The zero-order valence-corrected chi connectivity index (χ0v) is 15.7. The van der Waals surface area contributed by atoms with Crippen molar-refractivity contribution >= 4 is 23.5 Å². The van der Waals surface area contributed by atoms with Gasteiger partial charge in [-0.05, 0) is 23.8 Å². The van der Waals surface area contributed by atoms with Crippen molar-refractivity contribution in [2.24, 2.45) is 5.10 Å². The molecule has 25 heavy (non-hydrogen) atoms. The zero-order valence-electron chi connectivity index (χ0n) is 15.0. The molecule has 0 bridgehead atoms. The van der Waals surface area contributed by atoms with Gasteiger partial charge in [-0.25, -0.2) is 0 Å². The molecule has 5 heteroatoms. The lowest BCUT2D eigenvalue weighted by atomic mass is 10.2. The third-order valence-corrected chi connectivity index (χ3v) is 4.99. The molecule has 2 aromatic carbocycles. The Kier molecular flexibility index (Phi) is 5.95. The number of anilines is 1. The molecule has 0 atom stereocenters. The minimum atomic E-state index is 0.872. The Labute approximate surface area is 155 Å². The van der Waals surface area contributed by atoms with Gasteiger partial charge in [0.05, 0.1) is 32.4 Å². The summed E-state index contributed by atoms with van der Waals surface area (Å²) >= 11 is 6.27. The summed E-state index contributed by atoms with van der Waals surface area (Å²) in [6.45, 7) is 5.12. The summed E-state index contributed by atoms with van der Waals surface area (Å²) in [6.07, 6.45) is 1.96. The maximum Gasteiger partial charge on any atom is 0.104 e. The second-order valence-electron chi connectivity index (χ2n) is 6.70. The minimum absolute atomic E-state index is 0.872. The number of hydrogen-bond donors (Lipinski definition) is 1. The molecule has 132 valence electrons. The van der Waals surface area contributed by atoms with E-state index in [1.165, 1.54) is 11.3 Å². The number of hydrogen-bond acceptors (Lipinski definition) is 3. The number of piperazine rings is 1. The first-order valence-corrected chi connectivity index (χ1v) is 9.13. The van der Waals surface area contributed by atoms with E-state index in [2.05, 4.69) is 51.4 Å². The summed E-state index contributed by atoms with van der Waals surface area (Å²) in [5.74, 6) is 0. The summed E-state index contributed by atoms with van der Waals surface area (Å²) in [5, 5.41) is 7.68. The van der Waals surface area contributed by atoms with E-state index in [0.29, 0.717) is 0 Å². The van der Waals surface area contributed by atoms with Gasteiger partial charge in [0.1, 0.15) is 6.54 Å². The van der Waals surface area contributed by atoms with Crippen molar-refractivity contribution in [3.63, 3.8) is 0 Å². The summed E-state index contributed by atoms with van der Waals surface area (Å²) in [6, 6.07) is 16.6. The van der Waals surface area contributed by atoms with Gasteiger partial charge >= 0.3 is 0 Å². The first-order valence-electron chi connectivity index (χ1n) is 8.75. The average molecular weight is 358 g/mol. The topological polar surface area (TPSA) is 23.3 Å². The molecule has 4 nitrogen and oxygen atoms in total. The molecule has 0 saturated carbocycles. The van der Waals surface area contributed by atoms with Gasteiger partial charge in [0.15, 0.2) is 0 Å². The van der Waals surface area contributed by atoms with E-state index < -0.39 is 0 Å². The first-order chi connectivity index (χ1) is 12.1. The van der Waals surface area contributed by atoms with Crippen LogP contribution in [0.4, 0.5) is 5.69 Å². The van der Waals surface area contributed by atoms with Crippen LogP contribution in [-0.2, 0) is 6.54 Å². The van der Waals surface area contributed by atoms with Gasteiger partial charge in [-0.1, -0.05) is 41.9 Å². The second kappa shape index (κ2) is 8.37. The van der Waals surface area contributed by atoms with Crippen LogP contribution in [0.2, 0.25) is 5.02 Å². The van der Waals surface area contributed by atoms with Crippen LogP contribution in [0.1, 0.15) is 11.1 Å². The van der Waals surface area contributed by atoms with E-state index in [1.54, 1.807) is 4.90 Å². The fraction of sp³-hybridized carbons (Fsp3) is 0.350. The Morgan fingerprint density at radius 1 is 1.08 bits per heavy atom. The molecule has 1 N–H and O–H groups in total. The highest BCUT2D eigenvalue weighted by Crippen LogP contribution is 2.13. The lowest BCUT2D eigenvalue weighted by Gasteiger charge is -2.30. The lowest BCUT2D eigenvalue weighted by Crippen LogP contribution is -3.13. The van der Waals surface area contributed by atoms with Crippen molar-refractivity contribution in [2.45, 2.75) is 6.54 Å². The number of quaternary nitrogens is 1. The number of nitrogens with one attached hydrogen (secondary N) is 1. The predicted octanol–water partition coefficient (Wildman–Crippen LogP) is 2.14. The molecule has 0 aliphatic carbocycles. The minimum Gasteiger partial charge on any atom is -0.378 e. The molecular weight excluding hydrogens is 332 g/mol.